The van der Waals surface area contributed by atoms with Crippen molar-refractivity contribution < 1.29 is 24.6 Å². The molecule has 29 heavy (non-hydrogen) atoms. The molecule has 1 fully saturated rings. The number of hydrogen-bond donors (Lipinski definition) is 4. The zero-order valence-corrected chi connectivity index (χ0v) is 17.4. The Kier molecular flexibility index (Phi) is 7.37. The van der Waals surface area contributed by atoms with Crippen LogP contribution < -0.4 is 10.6 Å². The summed E-state index contributed by atoms with van der Waals surface area (Å²) >= 11 is 0. The lowest BCUT2D eigenvalue weighted by Gasteiger charge is -2.35. The molecule has 4 atom stereocenters. The first-order valence-corrected chi connectivity index (χ1v) is 9.77. The van der Waals surface area contributed by atoms with Crippen LogP contribution in [-0.2, 0) is 14.4 Å². The van der Waals surface area contributed by atoms with Gasteiger partial charge >= 0.3 is 0 Å². The molecular weight excluding hydrogens is 374 g/mol. The van der Waals surface area contributed by atoms with E-state index in [2.05, 4.69) is 10.6 Å². The van der Waals surface area contributed by atoms with E-state index in [1.54, 1.807) is 24.3 Å². The maximum atomic E-state index is 13.1. The molecule has 0 aromatic heterocycles. The number of rotatable bonds is 6. The van der Waals surface area contributed by atoms with E-state index in [0.29, 0.717) is 5.56 Å². The van der Waals surface area contributed by atoms with Gasteiger partial charge in [-0.15, -0.1) is 0 Å². The smallest absolute Gasteiger partial charge is 0.246 e. The lowest BCUT2D eigenvalue weighted by molar-refractivity contribution is -0.143. The predicted molar refractivity (Wildman–Crippen MR) is 108 cm³/mol. The van der Waals surface area contributed by atoms with Gasteiger partial charge in [-0.2, -0.15) is 0 Å². The topological polar surface area (TPSA) is 119 Å². The van der Waals surface area contributed by atoms with Crippen LogP contribution in [0.2, 0.25) is 0 Å². The number of nitrogens with zero attached hydrogens (tertiary/aromatic N) is 1. The summed E-state index contributed by atoms with van der Waals surface area (Å²) < 4.78 is 0. The molecule has 0 aliphatic carbocycles. The third-order valence-electron chi connectivity index (χ3n) is 4.98. The quantitative estimate of drug-likeness (QED) is 0.545. The van der Waals surface area contributed by atoms with E-state index >= 15 is 0 Å². The number of carbonyl (C=O) groups is 3. The van der Waals surface area contributed by atoms with E-state index in [1.807, 2.05) is 26.8 Å². The van der Waals surface area contributed by atoms with Crippen molar-refractivity contribution >= 4 is 17.7 Å². The third kappa shape index (κ3) is 6.01. The van der Waals surface area contributed by atoms with Gasteiger partial charge in [-0.25, -0.2) is 0 Å². The molecule has 0 spiro atoms. The second-order valence-electron chi connectivity index (χ2n) is 8.57. The van der Waals surface area contributed by atoms with Gasteiger partial charge in [0.1, 0.15) is 12.1 Å². The van der Waals surface area contributed by atoms with Crippen molar-refractivity contribution in [1.82, 2.24) is 15.5 Å². The molecule has 4 N–H and O–H groups in total. The Morgan fingerprint density at radius 1 is 1.21 bits per heavy atom. The van der Waals surface area contributed by atoms with Crippen LogP contribution >= 0.6 is 0 Å². The molecule has 0 radical (unpaired) electrons. The molecule has 2 unspecified atom stereocenters. The van der Waals surface area contributed by atoms with Gasteiger partial charge in [0.25, 0.3) is 0 Å². The van der Waals surface area contributed by atoms with Crippen LogP contribution in [0.25, 0.3) is 0 Å². The van der Waals surface area contributed by atoms with Crippen LogP contribution in [0.15, 0.2) is 30.3 Å². The maximum absolute atomic E-state index is 13.1. The Morgan fingerprint density at radius 2 is 1.83 bits per heavy atom. The summed E-state index contributed by atoms with van der Waals surface area (Å²) in [5, 5.41) is 25.6. The second-order valence-corrected chi connectivity index (χ2v) is 8.57. The summed E-state index contributed by atoms with van der Waals surface area (Å²) in [4.78, 5) is 38.7. The molecule has 1 aromatic carbocycles. The van der Waals surface area contributed by atoms with Crippen molar-refractivity contribution in [2.75, 3.05) is 13.1 Å². The van der Waals surface area contributed by atoms with Gasteiger partial charge in [-0.05, 0) is 11.0 Å². The minimum atomic E-state index is -0.877. The van der Waals surface area contributed by atoms with Crippen molar-refractivity contribution in [3.63, 3.8) is 0 Å². The van der Waals surface area contributed by atoms with Crippen LogP contribution in [0, 0.1) is 5.41 Å². The Morgan fingerprint density at radius 3 is 2.38 bits per heavy atom. The first-order chi connectivity index (χ1) is 13.5. The Bertz CT molecular complexity index is 732. The maximum Gasteiger partial charge on any atom is 0.246 e. The van der Waals surface area contributed by atoms with Gasteiger partial charge in [0.15, 0.2) is 0 Å². The standard InChI is InChI=1S/C21H31N3O5/c1-13(25)23-18(21(2,3)4)20(29)24-12-15(26)10-16(24)19(28)22-11-17(27)14-8-6-5-7-9-14/h5-9,15-18,26-27H,10-12H2,1-4H3,(H,22,28)(H,23,25)/t15-,16+,17?,18?/m1/s1. The molecular formula is C21H31N3O5. The van der Waals surface area contributed by atoms with E-state index in [9.17, 15) is 24.6 Å². The molecule has 2 rings (SSSR count). The lowest BCUT2D eigenvalue weighted by Crippen LogP contribution is -2.57. The molecule has 1 aromatic rings. The fourth-order valence-corrected chi connectivity index (χ4v) is 3.43. The normalized spacial score (nSPS) is 21.4. The van der Waals surface area contributed by atoms with Gasteiger partial charge in [0.05, 0.1) is 12.2 Å². The van der Waals surface area contributed by atoms with Crippen molar-refractivity contribution in [2.45, 2.75) is 58.4 Å². The zero-order chi connectivity index (χ0) is 21.8. The molecule has 8 nitrogen and oxygen atoms in total. The fourth-order valence-electron chi connectivity index (χ4n) is 3.43. The van der Waals surface area contributed by atoms with Crippen LogP contribution in [0.1, 0.15) is 45.8 Å². The molecule has 1 aliphatic rings. The van der Waals surface area contributed by atoms with E-state index < -0.39 is 41.5 Å². The van der Waals surface area contributed by atoms with E-state index in [0.717, 1.165) is 0 Å². The number of β-amino-alcohol motifs (C(OH)–C–C–N with tert-alkyl or cyclic N) is 1. The first kappa shape index (κ1) is 22.8. The molecule has 1 heterocycles. The van der Waals surface area contributed by atoms with Gasteiger partial charge in [-0.3, -0.25) is 14.4 Å². The summed E-state index contributed by atoms with van der Waals surface area (Å²) in [6.07, 6.45) is -1.60. The predicted octanol–water partition coefficient (Wildman–Crippen LogP) is 0.349. The number of carbonyl (C=O) groups excluding carboxylic acids is 3. The summed E-state index contributed by atoms with van der Waals surface area (Å²) in [5.41, 5.74) is 0.103. The minimum absolute atomic E-state index is 0.00807. The number of amides is 3. The molecule has 1 aliphatic heterocycles. The van der Waals surface area contributed by atoms with Gasteiger partial charge in [-0.1, -0.05) is 51.1 Å². The third-order valence-corrected chi connectivity index (χ3v) is 4.98. The Hall–Kier alpha value is -2.45. The molecule has 8 heteroatoms. The van der Waals surface area contributed by atoms with Crippen molar-refractivity contribution in [1.29, 1.82) is 0 Å². The zero-order valence-electron chi connectivity index (χ0n) is 17.4. The fraction of sp³-hybridized carbons (Fsp3) is 0.571. The Labute approximate surface area is 171 Å². The van der Waals surface area contributed by atoms with Crippen molar-refractivity contribution in [3.8, 4) is 0 Å². The average Bonchev–Trinajstić information content (AvgIpc) is 3.05. The number of likely N-dealkylation sites (tertiary alicyclic amines) is 1. The van der Waals surface area contributed by atoms with Crippen molar-refractivity contribution in [3.05, 3.63) is 35.9 Å². The lowest BCUT2D eigenvalue weighted by atomic mass is 9.85. The number of aliphatic hydroxyl groups is 2. The number of nitrogens with one attached hydrogen (secondary N) is 2. The highest BCUT2D eigenvalue weighted by Crippen LogP contribution is 2.26. The SMILES string of the molecule is CC(=O)NC(C(=O)N1C[C@H](O)C[C@H]1C(=O)NCC(O)c1ccccc1)C(C)(C)C. The number of hydrogen-bond acceptors (Lipinski definition) is 5. The number of aliphatic hydroxyl groups excluding tert-OH is 2. The van der Waals surface area contributed by atoms with Crippen LogP contribution in [0.4, 0.5) is 0 Å². The van der Waals surface area contributed by atoms with Crippen LogP contribution in [0.3, 0.4) is 0 Å². The molecule has 1 saturated heterocycles. The van der Waals surface area contributed by atoms with E-state index in [1.165, 1.54) is 11.8 Å². The summed E-state index contributed by atoms with van der Waals surface area (Å²) in [7, 11) is 0. The molecule has 160 valence electrons. The average molecular weight is 405 g/mol. The van der Waals surface area contributed by atoms with Crippen LogP contribution in [-0.4, -0.2) is 64.1 Å². The summed E-state index contributed by atoms with van der Waals surface area (Å²) in [5.74, 6) is -1.20. The van der Waals surface area contributed by atoms with Crippen molar-refractivity contribution in [2.24, 2.45) is 5.41 Å². The van der Waals surface area contributed by atoms with E-state index in [4.69, 9.17) is 0 Å². The highest BCUT2D eigenvalue weighted by Gasteiger charge is 2.44. The second kappa shape index (κ2) is 9.37. The Balaban J connectivity index is 2.09. The largest absolute Gasteiger partial charge is 0.391 e. The summed E-state index contributed by atoms with van der Waals surface area (Å²) in [6.45, 7) is 6.81. The molecule has 0 saturated carbocycles. The monoisotopic (exact) mass is 405 g/mol. The summed E-state index contributed by atoms with van der Waals surface area (Å²) in [6, 6.07) is 7.25. The van der Waals surface area contributed by atoms with Gasteiger partial charge in [0, 0.05) is 26.4 Å². The highest BCUT2D eigenvalue weighted by atomic mass is 16.3. The molecule has 0 bridgehead atoms. The van der Waals surface area contributed by atoms with Crippen LogP contribution in [0.5, 0.6) is 0 Å². The highest BCUT2D eigenvalue weighted by molar-refractivity contribution is 5.92. The number of benzene rings is 1. The molecule has 3 amide bonds. The van der Waals surface area contributed by atoms with Gasteiger partial charge in [0.2, 0.25) is 17.7 Å². The minimum Gasteiger partial charge on any atom is -0.391 e. The van der Waals surface area contributed by atoms with E-state index in [-0.39, 0.29) is 25.4 Å². The van der Waals surface area contributed by atoms with Gasteiger partial charge < -0.3 is 25.7 Å². The first-order valence-electron chi connectivity index (χ1n) is 9.77.